The first-order chi connectivity index (χ1) is 28.9. The number of hydrogen-bond acceptors (Lipinski definition) is 8. The van der Waals surface area contributed by atoms with Crippen molar-refractivity contribution < 1.29 is 25.8 Å². The maximum atomic E-state index is 13.5. The molecule has 0 spiro atoms. The van der Waals surface area contributed by atoms with Crippen molar-refractivity contribution in [2.24, 2.45) is 10.2 Å². The first-order valence-electron chi connectivity index (χ1n) is 19.3. The number of aromatic nitrogens is 8. The molecule has 1 radical (unpaired) electrons. The molecule has 0 aliphatic rings. The molecule has 0 atom stereocenters. The van der Waals surface area contributed by atoms with Gasteiger partial charge in [0.05, 0.1) is 0 Å². The van der Waals surface area contributed by atoms with Gasteiger partial charge >= 0.3 is 17.1 Å². The zero-order valence-electron chi connectivity index (χ0n) is 34.2. The Balaban J connectivity index is 0.000000201. The largest absolute Gasteiger partial charge is 2.00 e. The number of halogens is 2. The van der Waals surface area contributed by atoms with Crippen molar-refractivity contribution in [2.75, 3.05) is 0 Å². The minimum absolute atomic E-state index is 0. The summed E-state index contributed by atoms with van der Waals surface area (Å²) in [5.41, 5.74) is 8.38. The van der Waals surface area contributed by atoms with Crippen molar-refractivity contribution in [1.29, 1.82) is 0 Å². The van der Waals surface area contributed by atoms with Gasteiger partial charge in [-0.3, -0.25) is 0 Å². The monoisotopic (exact) mass is 899 g/mol. The molecule has 0 aliphatic carbocycles. The molecule has 0 fully saturated rings. The normalized spacial score (nSPS) is 12.0. The Labute approximate surface area is 374 Å². The van der Waals surface area contributed by atoms with E-state index < -0.39 is 0 Å². The summed E-state index contributed by atoms with van der Waals surface area (Å²) in [5, 5.41) is 27.1. The summed E-state index contributed by atoms with van der Waals surface area (Å²) in [6.45, 7) is 12.2. The molecular formula is C46H42CuF2N10S2. The first kappa shape index (κ1) is 44.4. The number of benzene rings is 4. The fourth-order valence-corrected chi connectivity index (χ4v) is 7.71. The average molecular weight is 901 g/mol. The Hall–Kier alpha value is -6.12. The van der Waals surface area contributed by atoms with Crippen molar-refractivity contribution >= 4 is 71.6 Å². The molecule has 0 saturated carbocycles. The van der Waals surface area contributed by atoms with E-state index in [0.717, 1.165) is 55.4 Å². The molecule has 0 saturated heterocycles. The molecule has 4 aromatic carbocycles. The van der Waals surface area contributed by atoms with Crippen LogP contribution in [0.2, 0.25) is 0 Å². The van der Waals surface area contributed by atoms with Crippen LogP contribution in [0, 0.1) is 25.5 Å². The summed E-state index contributed by atoms with van der Waals surface area (Å²) in [6.07, 6.45) is 11.1. The van der Waals surface area contributed by atoms with E-state index in [1.165, 1.54) is 33.6 Å². The Morgan fingerprint density at radius 1 is 0.541 bits per heavy atom. The quantitative estimate of drug-likeness (QED) is 0.0771. The van der Waals surface area contributed by atoms with Crippen LogP contribution in [-0.4, -0.2) is 51.3 Å². The predicted octanol–water partition coefficient (Wildman–Crippen LogP) is 10.8. The molecule has 0 N–H and O–H groups in total. The van der Waals surface area contributed by atoms with Crippen LogP contribution in [0.5, 0.6) is 0 Å². The smallest absolute Gasteiger partial charge is 0.738 e. The number of rotatable bonds is 10. The maximum absolute atomic E-state index is 13.5. The number of allylic oxidation sites excluding steroid dienone is 2. The summed E-state index contributed by atoms with van der Waals surface area (Å²) in [7, 11) is 0. The molecule has 0 bridgehead atoms. The van der Waals surface area contributed by atoms with Gasteiger partial charge in [0.2, 0.25) is 0 Å². The Morgan fingerprint density at radius 3 is 1.23 bits per heavy atom. The van der Waals surface area contributed by atoms with Crippen LogP contribution in [0.15, 0.2) is 130 Å². The molecule has 0 amide bonds. The van der Waals surface area contributed by atoms with Gasteiger partial charge in [0, 0.05) is 79.1 Å². The summed E-state index contributed by atoms with van der Waals surface area (Å²) < 4.78 is 34.7. The molecule has 0 unspecified atom stereocenters. The third-order valence-electron chi connectivity index (χ3n) is 9.78. The molecule has 61 heavy (non-hydrogen) atoms. The van der Waals surface area contributed by atoms with Gasteiger partial charge in [0.25, 0.3) is 0 Å². The third kappa shape index (κ3) is 9.45. The molecule has 0 aliphatic heterocycles. The van der Waals surface area contributed by atoms with Crippen LogP contribution in [0.1, 0.15) is 62.8 Å². The Kier molecular flexibility index (Phi) is 14.2. The van der Waals surface area contributed by atoms with Crippen LogP contribution in [0.3, 0.4) is 0 Å². The number of hydrogen-bond donors (Lipinski definition) is 0. The van der Waals surface area contributed by atoms with Gasteiger partial charge in [-0.25, -0.2) is 18.1 Å². The number of fused-ring (bicyclic) bond motifs is 2. The predicted molar refractivity (Wildman–Crippen MR) is 242 cm³/mol. The zero-order chi connectivity index (χ0) is 42.5. The molecule has 4 aromatic heterocycles. The van der Waals surface area contributed by atoms with Gasteiger partial charge in [-0.05, 0) is 113 Å². The van der Waals surface area contributed by atoms with Gasteiger partial charge in [-0.2, -0.15) is 20.4 Å². The molecule has 15 heteroatoms. The van der Waals surface area contributed by atoms with Gasteiger partial charge in [0.1, 0.15) is 23.3 Å². The van der Waals surface area contributed by atoms with Gasteiger partial charge in [-0.15, -0.1) is 10.2 Å². The second-order valence-electron chi connectivity index (χ2n) is 14.4. The third-order valence-corrected chi connectivity index (χ3v) is 10.3. The molecule has 10 nitrogen and oxygen atoms in total. The summed E-state index contributed by atoms with van der Waals surface area (Å²) in [5.74, 6) is 0.764. The second-order valence-corrected chi connectivity index (χ2v) is 15.2. The van der Waals surface area contributed by atoms with Crippen LogP contribution >= 0.6 is 0 Å². The molecule has 8 rings (SSSR count). The minimum atomic E-state index is -0.250. The van der Waals surface area contributed by atoms with Crippen molar-refractivity contribution in [1.82, 2.24) is 38.9 Å². The van der Waals surface area contributed by atoms with Gasteiger partial charge < -0.3 is 34.4 Å². The summed E-state index contributed by atoms with van der Waals surface area (Å²) >= 11 is 10.3. The van der Waals surface area contributed by atoms with E-state index in [4.69, 9.17) is 25.3 Å². The van der Waals surface area contributed by atoms with Crippen LogP contribution in [-0.2, 0) is 42.3 Å². The number of nitrogens with zero attached hydrogens (tertiary/aromatic N) is 10. The fraction of sp³-hybridized carbons (Fsp3) is 0.174. The zero-order valence-corrected chi connectivity index (χ0v) is 36.8. The molecule has 313 valence electrons. The van der Waals surface area contributed by atoms with Crippen molar-refractivity contribution in [3.8, 4) is 22.3 Å². The van der Waals surface area contributed by atoms with Crippen molar-refractivity contribution in [3.63, 3.8) is 0 Å². The number of para-hydroxylation sites is 2. The van der Waals surface area contributed by atoms with E-state index in [1.54, 1.807) is 26.3 Å². The molecular weight excluding hydrogens is 858 g/mol. The fourth-order valence-electron chi connectivity index (χ4n) is 7.27. The van der Waals surface area contributed by atoms with Crippen LogP contribution < -0.4 is 0 Å². The van der Waals surface area contributed by atoms with Crippen molar-refractivity contribution in [3.05, 3.63) is 144 Å². The number of aryl methyl sites for hydroxylation is 2. The van der Waals surface area contributed by atoms with Crippen LogP contribution in [0.4, 0.5) is 8.78 Å². The molecule has 4 heterocycles. The Bertz CT molecular complexity index is 2660. The van der Waals surface area contributed by atoms with Gasteiger partial charge in [-0.1, -0.05) is 60.7 Å². The van der Waals surface area contributed by atoms with Crippen LogP contribution in [0.25, 0.3) is 56.2 Å². The second kappa shape index (κ2) is 19.5. The van der Waals surface area contributed by atoms with E-state index in [9.17, 15) is 8.78 Å². The SMILES string of the molecule is Cc1nnc([S-])n1N=C/C=C/c1c(-c2ccc(F)cc2)c2ccccc2n1C(C)C.Cc1nnc([S-])n1N=C/C=C/c1c(-c2ccc(F)cc2)c2ccccc2n1C(C)C.[Cu+2]. The minimum Gasteiger partial charge on any atom is -0.738 e. The van der Waals surface area contributed by atoms with Gasteiger partial charge in [0.15, 0.2) is 0 Å². The standard InChI is InChI=1S/2C23H22FN5S.Cu/c2*1-15(2)28-20-8-5-4-7-19(20)22(17-10-12-18(24)13-11-17)21(28)9-6-14-25-29-16(3)26-27-23(29)30;/h2*4-15H,1-3H3,(H,27,30);/q;;+2/p-2/b2*9-6+,25-14?;. The van der Waals surface area contributed by atoms with E-state index in [-0.39, 0.29) is 40.8 Å². The summed E-state index contributed by atoms with van der Waals surface area (Å²) in [4.78, 5) is 0. The average Bonchev–Trinajstić information content (AvgIpc) is 3.95. The van der Waals surface area contributed by atoms with E-state index in [1.807, 2.05) is 72.8 Å². The first-order valence-corrected chi connectivity index (χ1v) is 20.1. The van der Waals surface area contributed by atoms with E-state index in [0.29, 0.717) is 22.0 Å². The maximum Gasteiger partial charge on any atom is 2.00 e. The van der Waals surface area contributed by atoms with E-state index >= 15 is 0 Å². The van der Waals surface area contributed by atoms with Crippen molar-refractivity contribution in [2.45, 2.75) is 63.9 Å². The molecule has 8 aromatic rings. The van der Waals surface area contributed by atoms with E-state index in [2.05, 4.69) is 91.7 Å². The summed E-state index contributed by atoms with van der Waals surface area (Å²) in [6, 6.07) is 30.2. The Morgan fingerprint density at radius 2 is 0.902 bits per heavy atom. The topological polar surface area (TPSA) is 96.0 Å².